The fraction of sp³-hybridized carbons (Fsp3) is 0.829. The number of hydrogen-bond acceptors (Lipinski definition) is 6. The van der Waals surface area contributed by atoms with Crippen molar-refractivity contribution in [2.75, 3.05) is 39.6 Å². The lowest BCUT2D eigenvalue weighted by molar-refractivity contribution is 0.0141. The molecule has 2 atom stereocenters. The number of unbranched alkanes of at least 4 members (excludes halogenated alkanes) is 16. The molecule has 0 saturated carbocycles. The molecule has 6 nitrogen and oxygen atoms in total. The Morgan fingerprint density at radius 2 is 1.14 bits per heavy atom. The van der Waals surface area contributed by atoms with Crippen molar-refractivity contribution in [1.82, 2.24) is 0 Å². The van der Waals surface area contributed by atoms with Gasteiger partial charge in [0, 0.05) is 19.1 Å². The Morgan fingerprint density at radius 1 is 0.667 bits per heavy atom. The molecule has 1 aliphatic heterocycles. The third-order valence-electron chi connectivity index (χ3n) is 8.19. The summed E-state index contributed by atoms with van der Waals surface area (Å²) < 4.78 is 47.2. The van der Waals surface area contributed by atoms with Crippen LogP contribution in [0.1, 0.15) is 134 Å². The lowest BCUT2D eigenvalue weighted by Crippen LogP contribution is -2.15. The molecule has 0 bridgehead atoms. The van der Waals surface area contributed by atoms with Crippen molar-refractivity contribution in [3.63, 3.8) is 0 Å². The van der Waals surface area contributed by atoms with Gasteiger partial charge >= 0.3 is 0 Å². The molecule has 0 aromatic heterocycles. The Hall–Kier alpha value is -0.990. The maximum absolute atomic E-state index is 12.2. The summed E-state index contributed by atoms with van der Waals surface area (Å²) >= 11 is 0. The Balaban J connectivity index is 1.30. The van der Waals surface area contributed by atoms with E-state index in [4.69, 9.17) is 18.4 Å². The van der Waals surface area contributed by atoms with Gasteiger partial charge in [-0.3, -0.25) is 4.18 Å². The first-order valence-electron chi connectivity index (χ1n) is 17.2. The van der Waals surface area contributed by atoms with Crippen molar-refractivity contribution in [2.24, 2.45) is 5.92 Å². The fourth-order valence-corrected chi connectivity index (χ4v) is 6.42. The molecule has 1 heterocycles. The first-order chi connectivity index (χ1) is 20.5. The molecule has 1 aliphatic rings. The molecule has 0 N–H and O–H groups in total. The summed E-state index contributed by atoms with van der Waals surface area (Å²) in [4.78, 5) is 0.219. The highest BCUT2D eigenvalue weighted by molar-refractivity contribution is 7.86. The monoisotopic (exact) mass is 610 g/mol. The highest BCUT2D eigenvalue weighted by Crippen LogP contribution is 2.21. The number of aryl methyl sites for hydroxylation is 1. The summed E-state index contributed by atoms with van der Waals surface area (Å²) in [5.74, 6) is 0.458. The Morgan fingerprint density at radius 3 is 1.69 bits per heavy atom. The summed E-state index contributed by atoms with van der Waals surface area (Å²) in [5, 5.41) is 0. The third kappa shape index (κ3) is 18.6. The molecule has 0 spiro atoms. The summed E-state index contributed by atoms with van der Waals surface area (Å²) in [6, 6.07) is 6.75. The largest absolute Gasteiger partial charge is 0.381 e. The second-order valence-electron chi connectivity index (χ2n) is 12.3. The number of ether oxygens (including phenoxy) is 3. The average molecular weight is 611 g/mol. The summed E-state index contributed by atoms with van der Waals surface area (Å²) in [7, 11) is -3.66. The minimum absolute atomic E-state index is 0.210. The third-order valence-corrected chi connectivity index (χ3v) is 9.52. The Kier molecular flexibility index (Phi) is 21.6. The maximum Gasteiger partial charge on any atom is 0.296 e. The standard InChI is InChI=1S/C35H62O6S/c1-3-4-5-6-7-8-9-10-11-12-13-14-15-18-26-39-31-34-28-33(30-40-34)29-38-25-19-16-17-20-27-41-42(36,37)35-23-21-32(2)22-24-35/h21-24,33-34H,3-20,25-31H2,1-2H3/t33-,34-/m1/s1. The van der Waals surface area contributed by atoms with E-state index >= 15 is 0 Å². The van der Waals surface area contributed by atoms with E-state index in [0.29, 0.717) is 12.5 Å². The molecule has 244 valence electrons. The minimum Gasteiger partial charge on any atom is -0.381 e. The van der Waals surface area contributed by atoms with Gasteiger partial charge in [-0.25, -0.2) is 0 Å². The van der Waals surface area contributed by atoms with E-state index in [2.05, 4.69) is 6.92 Å². The van der Waals surface area contributed by atoms with Gasteiger partial charge in [-0.1, -0.05) is 121 Å². The van der Waals surface area contributed by atoms with Crippen molar-refractivity contribution in [1.29, 1.82) is 0 Å². The van der Waals surface area contributed by atoms with E-state index in [1.54, 1.807) is 24.3 Å². The average Bonchev–Trinajstić information content (AvgIpc) is 3.43. The van der Waals surface area contributed by atoms with E-state index in [9.17, 15) is 8.42 Å². The highest BCUT2D eigenvalue weighted by atomic mass is 32.2. The molecule has 2 rings (SSSR count). The summed E-state index contributed by atoms with van der Waals surface area (Å²) in [6.07, 6.45) is 24.2. The van der Waals surface area contributed by atoms with Crippen LogP contribution >= 0.6 is 0 Å². The van der Waals surface area contributed by atoms with Crippen LogP contribution in [0.25, 0.3) is 0 Å². The van der Waals surface area contributed by atoms with Gasteiger partial charge in [0.1, 0.15) is 0 Å². The highest BCUT2D eigenvalue weighted by Gasteiger charge is 2.25. The van der Waals surface area contributed by atoms with Gasteiger partial charge in [-0.05, 0) is 44.7 Å². The molecule has 0 unspecified atom stereocenters. The van der Waals surface area contributed by atoms with Crippen LogP contribution in [-0.4, -0.2) is 54.2 Å². The zero-order chi connectivity index (χ0) is 30.1. The van der Waals surface area contributed by atoms with E-state index in [0.717, 1.165) is 70.5 Å². The molecule has 0 aliphatic carbocycles. The Labute approximate surface area is 258 Å². The van der Waals surface area contributed by atoms with Crippen LogP contribution in [0.4, 0.5) is 0 Å². The molecule has 1 saturated heterocycles. The van der Waals surface area contributed by atoms with Gasteiger partial charge in [0.25, 0.3) is 10.1 Å². The zero-order valence-corrected chi connectivity index (χ0v) is 27.8. The van der Waals surface area contributed by atoms with Crippen molar-refractivity contribution in [3.8, 4) is 0 Å². The van der Waals surface area contributed by atoms with Crippen molar-refractivity contribution >= 4 is 10.1 Å². The predicted molar refractivity (Wildman–Crippen MR) is 173 cm³/mol. The molecule has 0 amide bonds. The predicted octanol–water partition coefficient (Wildman–Crippen LogP) is 9.18. The van der Waals surface area contributed by atoms with Crippen LogP contribution < -0.4 is 0 Å². The van der Waals surface area contributed by atoms with Crippen LogP contribution in [0, 0.1) is 12.8 Å². The van der Waals surface area contributed by atoms with Crippen LogP contribution in [0.2, 0.25) is 0 Å². The lowest BCUT2D eigenvalue weighted by Gasteiger charge is -2.11. The molecule has 7 heteroatoms. The van der Waals surface area contributed by atoms with E-state index < -0.39 is 10.1 Å². The summed E-state index contributed by atoms with van der Waals surface area (Å²) in [6.45, 7) is 8.23. The molecular formula is C35H62O6S. The molecular weight excluding hydrogens is 548 g/mol. The number of hydrogen-bond donors (Lipinski definition) is 0. The van der Waals surface area contributed by atoms with E-state index in [1.165, 1.54) is 83.5 Å². The SMILES string of the molecule is CCCCCCCCCCCCCCCCOC[C@H]1C[C@H](COCCCCCCOS(=O)(=O)c2ccc(C)cc2)CO1. The van der Waals surface area contributed by atoms with Crippen molar-refractivity contribution in [3.05, 3.63) is 29.8 Å². The van der Waals surface area contributed by atoms with Gasteiger partial charge in [-0.2, -0.15) is 8.42 Å². The first-order valence-corrected chi connectivity index (χ1v) is 18.6. The molecule has 1 fully saturated rings. The van der Waals surface area contributed by atoms with E-state index in [1.807, 2.05) is 6.92 Å². The summed E-state index contributed by atoms with van der Waals surface area (Å²) in [5.41, 5.74) is 1.02. The molecule has 0 radical (unpaired) electrons. The van der Waals surface area contributed by atoms with Crippen LogP contribution in [-0.2, 0) is 28.5 Å². The first kappa shape index (κ1) is 37.2. The van der Waals surface area contributed by atoms with E-state index in [-0.39, 0.29) is 17.6 Å². The number of rotatable bonds is 28. The van der Waals surface area contributed by atoms with Gasteiger partial charge in [0.05, 0.1) is 37.4 Å². The number of benzene rings is 1. The van der Waals surface area contributed by atoms with Crippen LogP contribution in [0.3, 0.4) is 0 Å². The molecule has 1 aromatic rings. The zero-order valence-electron chi connectivity index (χ0n) is 27.0. The van der Waals surface area contributed by atoms with Crippen molar-refractivity contribution < 1.29 is 26.8 Å². The minimum atomic E-state index is -3.66. The molecule has 42 heavy (non-hydrogen) atoms. The fourth-order valence-electron chi connectivity index (χ4n) is 5.48. The maximum atomic E-state index is 12.2. The van der Waals surface area contributed by atoms with Crippen LogP contribution in [0.15, 0.2) is 29.2 Å². The molecule has 1 aromatic carbocycles. The van der Waals surface area contributed by atoms with Gasteiger partial charge in [0.15, 0.2) is 0 Å². The Bertz CT molecular complexity index is 857. The van der Waals surface area contributed by atoms with Gasteiger partial charge in [-0.15, -0.1) is 0 Å². The topological polar surface area (TPSA) is 71.1 Å². The van der Waals surface area contributed by atoms with Crippen LogP contribution in [0.5, 0.6) is 0 Å². The quantitative estimate of drug-likeness (QED) is 0.0696. The smallest absolute Gasteiger partial charge is 0.296 e. The lowest BCUT2D eigenvalue weighted by atomic mass is 10.0. The normalized spacial score (nSPS) is 17.3. The van der Waals surface area contributed by atoms with Crippen molar-refractivity contribution in [2.45, 2.75) is 147 Å². The second-order valence-corrected chi connectivity index (χ2v) is 13.9. The second kappa shape index (κ2) is 24.3. The van der Waals surface area contributed by atoms with Gasteiger partial charge in [0.2, 0.25) is 0 Å². The van der Waals surface area contributed by atoms with Gasteiger partial charge < -0.3 is 14.2 Å².